The first-order valence-corrected chi connectivity index (χ1v) is 6.89. The fourth-order valence-corrected chi connectivity index (χ4v) is 2.41. The van der Waals surface area contributed by atoms with Crippen molar-refractivity contribution in [2.45, 2.75) is 32.2 Å². The summed E-state index contributed by atoms with van der Waals surface area (Å²) < 4.78 is 1.92. The third-order valence-corrected chi connectivity index (χ3v) is 3.71. The molecule has 0 saturated heterocycles. The molecule has 0 amide bonds. The lowest BCUT2D eigenvalue weighted by molar-refractivity contribution is 0.362. The Morgan fingerprint density at radius 3 is 2.56 bits per heavy atom. The third kappa shape index (κ3) is 3.97. The van der Waals surface area contributed by atoms with Crippen LogP contribution in [-0.4, -0.2) is 48.4 Å². The van der Waals surface area contributed by atoms with Gasteiger partial charge in [0.05, 0.1) is 16.4 Å². The number of nitrogens with zero attached hydrogens (tertiary/aromatic N) is 3. The van der Waals surface area contributed by atoms with E-state index in [1.165, 1.54) is 0 Å². The second kappa shape index (κ2) is 7.12. The van der Waals surface area contributed by atoms with Crippen LogP contribution in [0.1, 0.15) is 24.7 Å². The second-order valence-electron chi connectivity index (χ2n) is 4.97. The van der Waals surface area contributed by atoms with Crippen LogP contribution >= 0.6 is 11.6 Å². The fraction of sp³-hybridized carbons (Fsp3) is 0.769. The quantitative estimate of drug-likeness (QED) is 0.821. The minimum absolute atomic E-state index is 0.435. The minimum atomic E-state index is 0.435. The van der Waals surface area contributed by atoms with Gasteiger partial charge in [-0.25, -0.2) is 0 Å². The molecule has 1 N–H and O–H groups in total. The van der Waals surface area contributed by atoms with Crippen molar-refractivity contribution in [1.82, 2.24) is 20.0 Å². The van der Waals surface area contributed by atoms with Crippen LogP contribution in [0, 0.1) is 0 Å². The highest BCUT2D eigenvalue weighted by atomic mass is 35.5. The van der Waals surface area contributed by atoms with E-state index < -0.39 is 0 Å². The van der Waals surface area contributed by atoms with Gasteiger partial charge in [0.25, 0.3) is 0 Å². The summed E-state index contributed by atoms with van der Waals surface area (Å²) in [5.41, 5.74) is 2.13. The van der Waals surface area contributed by atoms with Crippen LogP contribution in [0.15, 0.2) is 0 Å². The molecule has 0 aliphatic rings. The second-order valence-corrected chi connectivity index (χ2v) is 5.34. The first kappa shape index (κ1) is 15.5. The molecule has 0 fully saturated rings. The van der Waals surface area contributed by atoms with Crippen molar-refractivity contribution in [3.8, 4) is 0 Å². The SMILES string of the molecule is CCc1nn(C)c(CC(CCN(C)C)NC)c1Cl. The van der Waals surface area contributed by atoms with Gasteiger partial charge in [-0.2, -0.15) is 5.10 Å². The van der Waals surface area contributed by atoms with Crippen LogP contribution in [0.25, 0.3) is 0 Å². The van der Waals surface area contributed by atoms with Crippen molar-refractivity contribution in [3.63, 3.8) is 0 Å². The van der Waals surface area contributed by atoms with Gasteiger partial charge in [-0.15, -0.1) is 0 Å². The van der Waals surface area contributed by atoms with E-state index in [4.69, 9.17) is 11.6 Å². The van der Waals surface area contributed by atoms with Gasteiger partial charge in [0.2, 0.25) is 0 Å². The van der Waals surface area contributed by atoms with E-state index in [0.717, 1.165) is 42.2 Å². The fourth-order valence-electron chi connectivity index (χ4n) is 2.04. The van der Waals surface area contributed by atoms with E-state index in [0.29, 0.717) is 6.04 Å². The number of rotatable bonds is 7. The maximum Gasteiger partial charge on any atom is 0.0850 e. The lowest BCUT2D eigenvalue weighted by Crippen LogP contribution is -2.32. The van der Waals surface area contributed by atoms with Crippen LogP contribution in [0.5, 0.6) is 0 Å². The third-order valence-electron chi connectivity index (χ3n) is 3.28. The van der Waals surface area contributed by atoms with Crippen LogP contribution in [0.3, 0.4) is 0 Å². The molecule has 0 radical (unpaired) electrons. The van der Waals surface area contributed by atoms with E-state index in [1.54, 1.807) is 0 Å². The highest BCUT2D eigenvalue weighted by Crippen LogP contribution is 2.22. The summed E-state index contributed by atoms with van der Waals surface area (Å²) in [5, 5.41) is 8.66. The molecule has 1 heterocycles. The average molecular weight is 273 g/mol. The first-order chi connectivity index (χ1) is 8.49. The summed E-state index contributed by atoms with van der Waals surface area (Å²) in [6, 6.07) is 0.435. The van der Waals surface area contributed by atoms with Crippen molar-refractivity contribution >= 4 is 11.6 Å². The van der Waals surface area contributed by atoms with E-state index in [2.05, 4.69) is 36.3 Å². The molecule has 18 heavy (non-hydrogen) atoms. The molecule has 0 aliphatic carbocycles. The summed E-state index contributed by atoms with van der Waals surface area (Å²) in [5.74, 6) is 0. The zero-order valence-corrected chi connectivity index (χ0v) is 12.9. The molecule has 1 rings (SSSR count). The van der Waals surface area contributed by atoms with Gasteiger partial charge in [0.1, 0.15) is 0 Å². The molecule has 0 aromatic carbocycles. The molecule has 4 nitrogen and oxygen atoms in total. The van der Waals surface area contributed by atoms with Crippen LogP contribution < -0.4 is 5.32 Å². The average Bonchev–Trinajstić information content (AvgIpc) is 2.60. The molecule has 1 atom stereocenters. The minimum Gasteiger partial charge on any atom is -0.317 e. The zero-order valence-electron chi connectivity index (χ0n) is 12.1. The Balaban J connectivity index is 2.72. The largest absolute Gasteiger partial charge is 0.317 e. The number of likely N-dealkylation sites (N-methyl/N-ethyl adjacent to an activating group) is 1. The Bertz CT molecular complexity index is 373. The van der Waals surface area contributed by atoms with Crippen molar-refractivity contribution in [1.29, 1.82) is 0 Å². The standard InChI is InChI=1S/C13H25ClN4/c1-6-11-13(14)12(18(5)16-11)9-10(15-2)7-8-17(3)4/h10,15H,6-9H2,1-5H3. The molecule has 5 heteroatoms. The van der Waals surface area contributed by atoms with Crippen molar-refractivity contribution in [2.75, 3.05) is 27.7 Å². The lowest BCUT2D eigenvalue weighted by Gasteiger charge is -2.19. The van der Waals surface area contributed by atoms with E-state index in [9.17, 15) is 0 Å². The summed E-state index contributed by atoms with van der Waals surface area (Å²) in [7, 11) is 8.17. The normalized spacial score (nSPS) is 13.3. The lowest BCUT2D eigenvalue weighted by atomic mass is 10.1. The number of aromatic nitrogens is 2. The molecular weight excluding hydrogens is 248 g/mol. The van der Waals surface area contributed by atoms with Gasteiger partial charge < -0.3 is 10.2 Å². The highest BCUT2D eigenvalue weighted by molar-refractivity contribution is 6.31. The summed E-state index contributed by atoms with van der Waals surface area (Å²) in [4.78, 5) is 2.20. The zero-order chi connectivity index (χ0) is 13.7. The van der Waals surface area contributed by atoms with Crippen LogP contribution in [0.4, 0.5) is 0 Å². The molecule has 0 spiro atoms. The van der Waals surface area contributed by atoms with Gasteiger partial charge in [-0.1, -0.05) is 18.5 Å². The summed E-state index contributed by atoms with van der Waals surface area (Å²) in [6.07, 6.45) is 2.91. The van der Waals surface area contributed by atoms with Gasteiger partial charge in [-0.05, 0) is 40.5 Å². The number of halogens is 1. The Kier molecular flexibility index (Phi) is 6.12. The summed E-state index contributed by atoms with van der Waals surface area (Å²) >= 11 is 6.37. The van der Waals surface area contributed by atoms with Gasteiger partial charge in [0.15, 0.2) is 0 Å². The molecule has 1 unspecified atom stereocenters. The Morgan fingerprint density at radius 1 is 1.44 bits per heavy atom. The maximum absolute atomic E-state index is 6.37. The van der Waals surface area contributed by atoms with Crippen LogP contribution in [0.2, 0.25) is 5.02 Å². The topological polar surface area (TPSA) is 33.1 Å². The van der Waals surface area contributed by atoms with Gasteiger partial charge in [0, 0.05) is 19.5 Å². The number of hydrogen-bond donors (Lipinski definition) is 1. The Labute approximate surface area is 115 Å². The molecule has 1 aromatic rings. The number of hydrogen-bond acceptors (Lipinski definition) is 3. The van der Waals surface area contributed by atoms with Crippen molar-refractivity contribution in [2.24, 2.45) is 7.05 Å². The van der Waals surface area contributed by atoms with E-state index in [-0.39, 0.29) is 0 Å². The predicted octanol–water partition coefficient (Wildman–Crippen LogP) is 1.72. The smallest absolute Gasteiger partial charge is 0.0850 e. The first-order valence-electron chi connectivity index (χ1n) is 6.51. The van der Waals surface area contributed by atoms with Gasteiger partial charge >= 0.3 is 0 Å². The van der Waals surface area contributed by atoms with E-state index in [1.807, 2.05) is 18.8 Å². The van der Waals surface area contributed by atoms with Crippen molar-refractivity contribution < 1.29 is 0 Å². The van der Waals surface area contributed by atoms with Crippen molar-refractivity contribution in [3.05, 3.63) is 16.4 Å². The van der Waals surface area contributed by atoms with Crippen LogP contribution in [-0.2, 0) is 19.9 Å². The highest BCUT2D eigenvalue weighted by Gasteiger charge is 2.17. The summed E-state index contributed by atoms with van der Waals surface area (Å²) in [6.45, 7) is 3.15. The molecule has 1 aromatic heterocycles. The maximum atomic E-state index is 6.37. The number of nitrogens with one attached hydrogen (secondary N) is 1. The molecule has 0 saturated carbocycles. The molecule has 0 aliphatic heterocycles. The van der Waals surface area contributed by atoms with Gasteiger partial charge in [-0.3, -0.25) is 4.68 Å². The molecule has 0 bridgehead atoms. The Morgan fingerprint density at radius 2 is 2.11 bits per heavy atom. The molecule has 104 valence electrons. The monoisotopic (exact) mass is 272 g/mol. The predicted molar refractivity (Wildman–Crippen MR) is 77.3 cm³/mol. The molecular formula is C13H25ClN4. The Hall–Kier alpha value is -0.580. The number of aryl methyl sites for hydroxylation is 2. The van der Waals surface area contributed by atoms with E-state index >= 15 is 0 Å².